The summed E-state index contributed by atoms with van der Waals surface area (Å²) in [6.45, 7) is 6.79. The number of hydrogen-bond acceptors (Lipinski definition) is 4. The monoisotopic (exact) mass is 589 g/mol. The van der Waals surface area contributed by atoms with Crippen molar-refractivity contribution in [1.29, 1.82) is 0 Å². The molecule has 7 nitrogen and oxygen atoms in total. The zero-order valence-corrected chi connectivity index (χ0v) is 24.7. The number of hydrogen-bond donors (Lipinski definition) is 1. The van der Waals surface area contributed by atoms with Crippen LogP contribution < -0.4 is 9.62 Å². The molecule has 208 valence electrons. The van der Waals surface area contributed by atoms with E-state index >= 15 is 0 Å². The molecule has 3 aromatic rings. The van der Waals surface area contributed by atoms with E-state index in [0.29, 0.717) is 26.9 Å². The smallest absolute Gasteiger partial charge is 0.264 e. The van der Waals surface area contributed by atoms with Crippen LogP contribution >= 0.6 is 23.2 Å². The number of carbonyl (C=O) groups excluding carboxylic acids is 2. The minimum absolute atomic E-state index is 0.00749. The highest BCUT2D eigenvalue weighted by atomic mass is 35.5. The number of benzene rings is 3. The van der Waals surface area contributed by atoms with Gasteiger partial charge in [0.15, 0.2) is 0 Å². The number of aryl methyl sites for hydroxylation is 1. The van der Waals surface area contributed by atoms with Crippen molar-refractivity contribution in [3.63, 3.8) is 0 Å². The Kier molecular flexibility index (Phi) is 10.4. The molecule has 0 bridgehead atoms. The van der Waals surface area contributed by atoms with Gasteiger partial charge in [0.05, 0.1) is 10.6 Å². The van der Waals surface area contributed by atoms with Crippen molar-refractivity contribution in [2.75, 3.05) is 10.8 Å². The maximum atomic E-state index is 13.9. The minimum Gasteiger partial charge on any atom is -0.352 e. The molecule has 0 aromatic heterocycles. The van der Waals surface area contributed by atoms with Crippen LogP contribution in [0.1, 0.15) is 38.3 Å². The summed E-state index contributed by atoms with van der Waals surface area (Å²) in [5.41, 5.74) is 1.74. The number of amides is 2. The Morgan fingerprint density at radius 2 is 1.59 bits per heavy atom. The summed E-state index contributed by atoms with van der Waals surface area (Å²) in [6, 6.07) is 18.7. The summed E-state index contributed by atoms with van der Waals surface area (Å²) in [6.07, 6.45) is 0.723. The molecule has 0 aliphatic carbocycles. The maximum absolute atomic E-state index is 13.9. The zero-order valence-electron chi connectivity index (χ0n) is 22.4. The van der Waals surface area contributed by atoms with E-state index in [9.17, 15) is 18.0 Å². The van der Waals surface area contributed by atoms with Crippen molar-refractivity contribution in [3.8, 4) is 0 Å². The van der Waals surface area contributed by atoms with Crippen molar-refractivity contribution in [1.82, 2.24) is 10.2 Å². The Labute approximate surface area is 240 Å². The van der Waals surface area contributed by atoms with Gasteiger partial charge in [0.25, 0.3) is 10.0 Å². The second-order valence-electron chi connectivity index (χ2n) is 9.40. The van der Waals surface area contributed by atoms with Crippen molar-refractivity contribution >= 4 is 50.7 Å². The van der Waals surface area contributed by atoms with Crippen molar-refractivity contribution in [2.45, 2.75) is 57.6 Å². The largest absolute Gasteiger partial charge is 0.352 e. The predicted molar refractivity (Wildman–Crippen MR) is 157 cm³/mol. The van der Waals surface area contributed by atoms with Crippen LogP contribution in [0.25, 0.3) is 0 Å². The molecule has 0 saturated heterocycles. The quantitative estimate of drug-likeness (QED) is 0.305. The number of sulfonamides is 1. The summed E-state index contributed by atoms with van der Waals surface area (Å²) in [4.78, 5) is 28.4. The van der Waals surface area contributed by atoms with E-state index in [1.54, 1.807) is 62.4 Å². The van der Waals surface area contributed by atoms with Gasteiger partial charge in [0, 0.05) is 22.6 Å². The first-order valence-electron chi connectivity index (χ1n) is 12.6. The fourth-order valence-electron chi connectivity index (χ4n) is 3.97. The molecule has 0 spiro atoms. The number of rotatable bonds is 11. The van der Waals surface area contributed by atoms with E-state index < -0.39 is 28.5 Å². The molecule has 39 heavy (non-hydrogen) atoms. The molecule has 0 radical (unpaired) electrons. The third-order valence-electron chi connectivity index (χ3n) is 6.47. The highest BCUT2D eigenvalue weighted by molar-refractivity contribution is 7.92. The lowest BCUT2D eigenvalue weighted by atomic mass is 10.1. The fourth-order valence-corrected chi connectivity index (χ4v) is 5.79. The summed E-state index contributed by atoms with van der Waals surface area (Å²) in [5.74, 6) is -0.870. The molecule has 0 aliphatic rings. The summed E-state index contributed by atoms with van der Waals surface area (Å²) >= 11 is 12.2. The second kappa shape index (κ2) is 13.3. The van der Waals surface area contributed by atoms with Crippen molar-refractivity contribution < 1.29 is 18.0 Å². The van der Waals surface area contributed by atoms with Crippen LogP contribution in [0.5, 0.6) is 0 Å². The van der Waals surface area contributed by atoms with Crippen LogP contribution in [0.15, 0.2) is 77.7 Å². The standard InChI is InChI=1S/C29H33Cl2N3O4S/c1-5-21(3)32-29(36)22(4)33(18-23-10-8-11-25(31)17-23)28(35)19-34(27-12-7-6-9-20(27)2)39(37,38)26-15-13-24(30)14-16-26/h6-17,21-22H,5,18-19H2,1-4H3,(H,32,36). The Hall–Kier alpha value is -3.07. The highest BCUT2D eigenvalue weighted by Crippen LogP contribution is 2.28. The number of para-hydroxylation sites is 1. The first-order valence-corrected chi connectivity index (χ1v) is 14.8. The molecular weight excluding hydrogens is 557 g/mol. The average Bonchev–Trinajstić information content (AvgIpc) is 2.90. The van der Waals surface area contributed by atoms with Gasteiger partial charge in [-0.3, -0.25) is 13.9 Å². The Morgan fingerprint density at radius 1 is 0.923 bits per heavy atom. The number of nitrogens with zero attached hydrogens (tertiary/aromatic N) is 2. The van der Waals surface area contributed by atoms with Gasteiger partial charge in [-0.25, -0.2) is 8.42 Å². The van der Waals surface area contributed by atoms with Gasteiger partial charge in [-0.05, 0) is 80.8 Å². The van der Waals surface area contributed by atoms with Crippen LogP contribution in [0.2, 0.25) is 10.0 Å². The molecular formula is C29H33Cl2N3O4S. The number of nitrogens with one attached hydrogen (secondary N) is 1. The second-order valence-corrected chi connectivity index (χ2v) is 12.1. The molecule has 2 amide bonds. The Bertz CT molecular complexity index is 1410. The SMILES string of the molecule is CCC(C)NC(=O)C(C)N(Cc1cccc(Cl)c1)C(=O)CN(c1ccccc1C)S(=O)(=O)c1ccc(Cl)cc1. The molecule has 3 rings (SSSR count). The zero-order chi connectivity index (χ0) is 28.7. The molecule has 0 aliphatic heterocycles. The fraction of sp³-hybridized carbons (Fsp3) is 0.310. The molecule has 0 fully saturated rings. The van der Waals surface area contributed by atoms with Crippen LogP contribution in [0, 0.1) is 6.92 Å². The highest BCUT2D eigenvalue weighted by Gasteiger charge is 2.33. The molecule has 0 heterocycles. The van der Waals surface area contributed by atoms with Crippen molar-refractivity contribution in [2.24, 2.45) is 0 Å². The van der Waals surface area contributed by atoms with Crippen LogP contribution in [0.4, 0.5) is 5.69 Å². The number of halogens is 2. The van der Waals surface area contributed by atoms with Gasteiger partial charge in [-0.2, -0.15) is 0 Å². The topological polar surface area (TPSA) is 86.8 Å². The van der Waals surface area contributed by atoms with E-state index in [-0.39, 0.29) is 23.4 Å². The molecule has 2 atom stereocenters. The lowest BCUT2D eigenvalue weighted by Crippen LogP contribution is -2.52. The van der Waals surface area contributed by atoms with Crippen molar-refractivity contribution in [3.05, 3.63) is 94.0 Å². The lowest BCUT2D eigenvalue weighted by Gasteiger charge is -2.33. The average molecular weight is 591 g/mol. The van der Waals surface area contributed by atoms with Crippen LogP contribution in [-0.4, -0.2) is 43.8 Å². The summed E-state index contributed by atoms with van der Waals surface area (Å²) in [7, 11) is -4.16. The summed E-state index contributed by atoms with van der Waals surface area (Å²) < 4.78 is 28.8. The Morgan fingerprint density at radius 3 is 2.21 bits per heavy atom. The van der Waals surface area contributed by atoms with Crippen LogP contribution in [-0.2, 0) is 26.2 Å². The van der Waals surface area contributed by atoms with Gasteiger partial charge in [-0.1, -0.05) is 60.5 Å². The third kappa shape index (κ3) is 7.75. The minimum atomic E-state index is -4.16. The molecule has 10 heteroatoms. The molecule has 3 aromatic carbocycles. The summed E-state index contributed by atoms with van der Waals surface area (Å²) in [5, 5.41) is 3.79. The van der Waals surface area contributed by atoms with Gasteiger partial charge in [0.1, 0.15) is 12.6 Å². The van der Waals surface area contributed by atoms with Gasteiger partial charge in [0.2, 0.25) is 11.8 Å². The first kappa shape index (κ1) is 30.5. The normalized spacial score (nSPS) is 12.9. The maximum Gasteiger partial charge on any atom is 0.264 e. The molecule has 0 saturated carbocycles. The Balaban J connectivity index is 2.04. The van der Waals surface area contributed by atoms with Gasteiger partial charge >= 0.3 is 0 Å². The van der Waals surface area contributed by atoms with E-state index in [1.165, 1.54) is 29.2 Å². The van der Waals surface area contributed by atoms with E-state index in [2.05, 4.69) is 5.32 Å². The number of carbonyl (C=O) groups is 2. The first-order chi connectivity index (χ1) is 18.4. The molecule has 2 unspecified atom stereocenters. The predicted octanol–water partition coefficient (Wildman–Crippen LogP) is 5.83. The van der Waals surface area contributed by atoms with E-state index in [1.807, 2.05) is 13.8 Å². The van der Waals surface area contributed by atoms with E-state index in [0.717, 1.165) is 10.7 Å². The van der Waals surface area contributed by atoms with E-state index in [4.69, 9.17) is 23.2 Å². The van der Waals surface area contributed by atoms with Crippen LogP contribution in [0.3, 0.4) is 0 Å². The number of anilines is 1. The molecule has 1 N–H and O–H groups in total. The lowest BCUT2D eigenvalue weighted by molar-refractivity contribution is -0.139. The third-order valence-corrected chi connectivity index (χ3v) is 8.74. The van der Waals surface area contributed by atoms with Gasteiger partial charge < -0.3 is 10.2 Å². The van der Waals surface area contributed by atoms with Gasteiger partial charge in [-0.15, -0.1) is 0 Å².